The molecule has 12 heteroatoms. The first-order valence-corrected chi connectivity index (χ1v) is 18.5. The summed E-state index contributed by atoms with van der Waals surface area (Å²) in [5, 5.41) is 8.89. The van der Waals surface area contributed by atoms with Gasteiger partial charge in [-0.2, -0.15) is 0 Å². The number of hydrogen-bond acceptors (Lipinski definition) is 11. The van der Waals surface area contributed by atoms with Crippen molar-refractivity contribution in [2.45, 2.75) is 83.9 Å². The molecule has 0 heterocycles. The van der Waals surface area contributed by atoms with Gasteiger partial charge in [-0.1, -0.05) is 0 Å². The van der Waals surface area contributed by atoms with Crippen molar-refractivity contribution < 1.29 is 52.5 Å². The van der Waals surface area contributed by atoms with Gasteiger partial charge in [-0.15, -0.1) is 0 Å². The van der Waals surface area contributed by atoms with Gasteiger partial charge in [-0.25, -0.2) is 0 Å². The molecule has 0 aliphatic rings. The average molecular weight is 719 g/mol. The van der Waals surface area contributed by atoms with Gasteiger partial charge >= 0.3 is 0 Å². The molecule has 3 rings (SSSR count). The maximum atomic E-state index is 8.89. The topological polar surface area (TPSA) is 123 Å². The fourth-order valence-corrected chi connectivity index (χ4v) is 7.42. The zero-order valence-corrected chi connectivity index (χ0v) is 32.0. The predicted octanol–water partition coefficient (Wildman–Crippen LogP) is 7.13. The summed E-state index contributed by atoms with van der Waals surface area (Å²) < 4.78 is 56.3. The zero-order valence-electron chi connectivity index (χ0n) is 31.2. The van der Waals surface area contributed by atoms with Crippen molar-refractivity contribution in [2.75, 3.05) is 59.5 Å². The molecule has 0 radical (unpaired) electrons. The van der Waals surface area contributed by atoms with E-state index in [1.165, 1.54) is 0 Å². The monoisotopic (exact) mass is 718 g/mol. The summed E-state index contributed by atoms with van der Waals surface area (Å²) in [6.07, 6.45) is 0. The van der Waals surface area contributed by atoms with Crippen LogP contribution in [0.3, 0.4) is 0 Å². The van der Waals surface area contributed by atoms with Gasteiger partial charge in [0.2, 0.25) is 0 Å². The molecule has 50 heavy (non-hydrogen) atoms. The fourth-order valence-electron chi connectivity index (χ4n) is 4.89. The fraction of sp³-hybridized carbons (Fsp3) is 0.500. The highest BCUT2D eigenvalue weighted by molar-refractivity contribution is 7.97. The minimum atomic E-state index is -1.08. The first-order chi connectivity index (χ1) is 24.2. The maximum absolute atomic E-state index is 8.89. The summed E-state index contributed by atoms with van der Waals surface area (Å²) >= 11 is 0. The van der Waals surface area contributed by atoms with Gasteiger partial charge in [0.25, 0.3) is 14.7 Å². The molecule has 3 aromatic carbocycles. The van der Waals surface area contributed by atoms with Crippen LogP contribution in [0.2, 0.25) is 0 Å². The van der Waals surface area contributed by atoms with E-state index in [-0.39, 0.29) is 0 Å². The second-order valence-electron chi connectivity index (χ2n) is 9.94. The average Bonchev–Trinajstić information content (AvgIpc) is 3.05. The number of hydrogen-bond donors (Lipinski definition) is 0. The van der Waals surface area contributed by atoms with Crippen molar-refractivity contribution in [3.8, 4) is 51.7 Å². The highest BCUT2D eigenvalue weighted by Crippen LogP contribution is 2.55. The van der Waals surface area contributed by atoms with Crippen LogP contribution in [0.5, 0.6) is 51.7 Å². The van der Waals surface area contributed by atoms with Crippen molar-refractivity contribution in [1.82, 2.24) is 0 Å². The second kappa shape index (κ2) is 22.4. The third kappa shape index (κ3) is 11.6. The lowest BCUT2D eigenvalue weighted by molar-refractivity contribution is -0.302. The zero-order chi connectivity index (χ0) is 37.1. The van der Waals surface area contributed by atoms with E-state index in [0.717, 1.165) is 21.6 Å². The number of carbonyl (C=O) groups is 1. The van der Waals surface area contributed by atoms with E-state index in [9.17, 15) is 0 Å². The first kappa shape index (κ1) is 41.8. The summed E-state index contributed by atoms with van der Waals surface area (Å²) in [6.45, 7) is 22.6. The molecule has 0 saturated carbocycles. The van der Waals surface area contributed by atoms with Gasteiger partial charge in [0.15, 0.2) is 34.5 Å². The van der Waals surface area contributed by atoms with Crippen LogP contribution < -0.4 is 47.7 Å². The molecular formula is C38H54O11S. The van der Waals surface area contributed by atoms with E-state index in [4.69, 9.17) is 52.5 Å². The summed E-state index contributed by atoms with van der Waals surface area (Å²) in [6, 6.07) is 11.5. The Morgan fingerprint density at radius 3 is 0.720 bits per heavy atom. The Morgan fingerprint density at radius 1 is 0.420 bits per heavy atom. The Morgan fingerprint density at radius 2 is 0.580 bits per heavy atom. The number of carbonyl (C=O) groups excluding carboxylic acids is 1. The minimum absolute atomic E-state index is 0.422. The minimum Gasteiger partial charge on any atom is -0.550 e. The molecule has 0 aliphatic heterocycles. The Kier molecular flexibility index (Phi) is 18.8. The molecule has 0 fully saturated rings. The summed E-state index contributed by atoms with van der Waals surface area (Å²) in [4.78, 5) is 11.2. The SMILES string of the molecule is CC(=O)[O-].CCOc1cc(OCC)c([S+](c2c(OCC)cc(OCC)cc2OCC)c2c(OCC)cc(OCC)cc2OCC)c(OCC)c1. The van der Waals surface area contributed by atoms with E-state index in [1.807, 2.05) is 98.7 Å². The van der Waals surface area contributed by atoms with Gasteiger partial charge in [0.1, 0.15) is 28.1 Å². The third-order valence-electron chi connectivity index (χ3n) is 6.33. The molecule has 0 atom stereocenters. The summed E-state index contributed by atoms with van der Waals surface area (Å²) in [5.74, 6) is 4.50. The predicted molar refractivity (Wildman–Crippen MR) is 193 cm³/mol. The lowest BCUT2D eigenvalue weighted by Gasteiger charge is -2.23. The molecule has 0 amide bonds. The van der Waals surface area contributed by atoms with Gasteiger partial charge in [0.05, 0.1) is 59.5 Å². The molecule has 0 saturated heterocycles. The molecule has 0 unspecified atom stereocenters. The molecule has 278 valence electrons. The number of carboxylic acids is 1. The van der Waals surface area contributed by atoms with Crippen LogP contribution in [0.4, 0.5) is 0 Å². The molecule has 0 N–H and O–H groups in total. The Hall–Kier alpha value is -4.32. The van der Waals surface area contributed by atoms with Crippen LogP contribution >= 0.6 is 0 Å². The summed E-state index contributed by atoms with van der Waals surface area (Å²) in [7, 11) is -1.05. The maximum Gasteiger partial charge on any atom is 0.250 e. The highest BCUT2D eigenvalue weighted by Gasteiger charge is 2.47. The molecule has 0 aliphatic carbocycles. The van der Waals surface area contributed by atoms with Crippen LogP contribution in [0, 0.1) is 0 Å². The Bertz CT molecular complexity index is 1230. The van der Waals surface area contributed by atoms with E-state index in [2.05, 4.69) is 0 Å². The Balaban J connectivity index is 0.00000205. The van der Waals surface area contributed by atoms with Crippen LogP contribution in [-0.4, -0.2) is 65.4 Å². The lowest BCUT2D eigenvalue weighted by Crippen LogP contribution is -2.17. The van der Waals surface area contributed by atoms with Crippen molar-refractivity contribution in [3.05, 3.63) is 36.4 Å². The van der Waals surface area contributed by atoms with E-state index >= 15 is 0 Å². The smallest absolute Gasteiger partial charge is 0.250 e. The van der Waals surface area contributed by atoms with Crippen LogP contribution in [0.1, 0.15) is 69.2 Å². The van der Waals surface area contributed by atoms with Gasteiger partial charge in [0, 0.05) is 42.4 Å². The molecule has 0 spiro atoms. The van der Waals surface area contributed by atoms with Crippen molar-refractivity contribution in [3.63, 3.8) is 0 Å². The number of aliphatic carboxylic acids is 1. The van der Waals surface area contributed by atoms with E-state index in [1.54, 1.807) is 0 Å². The molecule has 3 aromatic rings. The third-order valence-corrected chi connectivity index (χ3v) is 8.76. The number of ether oxygens (including phenoxy) is 9. The number of benzene rings is 3. The number of carboxylic acid groups (broad SMARTS) is 1. The second-order valence-corrected chi connectivity index (χ2v) is 11.8. The van der Waals surface area contributed by atoms with Crippen LogP contribution in [0.25, 0.3) is 0 Å². The standard InChI is InChI=1S/C36H51O9S.C2H4O2/c1-10-37-25-19-28(40-13-4)34(29(20-25)41-14-5)46(35-30(42-15-6)21-26(38-11-2)22-31(35)43-16-7)36-32(44-17-8)23-27(39-12-3)24-33(36)45-18-9;1-2(3)4/h19-24H,10-18H2,1-9H3;1H3,(H,3,4)/q+1;/p-1. The molecule has 0 aromatic heterocycles. The summed E-state index contributed by atoms with van der Waals surface area (Å²) in [5.41, 5.74) is 0. The first-order valence-electron chi connectivity index (χ1n) is 17.3. The van der Waals surface area contributed by atoms with Gasteiger partial charge in [-0.3, -0.25) is 0 Å². The van der Waals surface area contributed by atoms with Crippen molar-refractivity contribution in [2.24, 2.45) is 0 Å². The van der Waals surface area contributed by atoms with E-state index < -0.39 is 16.9 Å². The Labute approximate surface area is 300 Å². The van der Waals surface area contributed by atoms with Crippen molar-refractivity contribution in [1.29, 1.82) is 0 Å². The quantitative estimate of drug-likeness (QED) is 0.105. The number of rotatable bonds is 21. The van der Waals surface area contributed by atoms with Gasteiger partial charge < -0.3 is 52.5 Å². The van der Waals surface area contributed by atoms with Crippen LogP contribution in [-0.2, 0) is 15.7 Å². The molecule has 11 nitrogen and oxygen atoms in total. The lowest BCUT2D eigenvalue weighted by atomic mass is 10.3. The normalized spacial score (nSPS) is 10.5. The molecular weight excluding hydrogens is 664 g/mol. The molecule has 0 bridgehead atoms. The van der Waals surface area contributed by atoms with E-state index in [0.29, 0.717) is 111 Å². The van der Waals surface area contributed by atoms with Crippen LogP contribution in [0.15, 0.2) is 51.1 Å². The highest BCUT2D eigenvalue weighted by atomic mass is 32.2. The van der Waals surface area contributed by atoms with Crippen molar-refractivity contribution >= 4 is 16.9 Å². The van der Waals surface area contributed by atoms with Gasteiger partial charge in [-0.05, 0) is 69.2 Å². The largest absolute Gasteiger partial charge is 0.550 e.